The monoisotopic (exact) mass is 293 g/mol. The molecule has 8 nitrogen and oxygen atoms in total. The van der Waals surface area contributed by atoms with Gasteiger partial charge >= 0.3 is 6.01 Å². The first kappa shape index (κ1) is 14.4. The van der Waals surface area contributed by atoms with E-state index in [1.807, 2.05) is 20.8 Å². The third kappa shape index (κ3) is 4.00. The zero-order chi connectivity index (χ0) is 14.5. The van der Waals surface area contributed by atoms with Crippen molar-refractivity contribution in [3.8, 4) is 6.01 Å². The number of nitrogen functional groups attached to an aromatic ring is 1. The van der Waals surface area contributed by atoms with Gasteiger partial charge in [0.15, 0.2) is 5.16 Å². The maximum atomic E-state index is 5.44. The summed E-state index contributed by atoms with van der Waals surface area (Å²) in [6.07, 6.45) is 3.41. The van der Waals surface area contributed by atoms with Crippen LogP contribution in [0.3, 0.4) is 0 Å². The Labute approximate surface area is 120 Å². The Balaban J connectivity index is 2.23. The van der Waals surface area contributed by atoms with Crippen molar-refractivity contribution in [2.75, 3.05) is 5.43 Å². The normalized spacial score (nSPS) is 10.7. The average molecular weight is 293 g/mol. The fourth-order valence-corrected chi connectivity index (χ4v) is 1.86. The molecule has 0 amide bonds. The van der Waals surface area contributed by atoms with Crippen molar-refractivity contribution in [2.24, 2.45) is 5.84 Å². The standard InChI is InChI=1S/C11H15N7OS/c1-6(2)19-9-15-8(18-12)16-11(17-9)20-10-13-4-7(3)5-14-10/h4-6H,12H2,1-3H3,(H,15,16,17,18). The molecule has 0 fully saturated rings. The first-order valence-electron chi connectivity index (χ1n) is 5.92. The van der Waals surface area contributed by atoms with Crippen LogP contribution < -0.4 is 16.0 Å². The van der Waals surface area contributed by atoms with Crippen LogP contribution in [-0.2, 0) is 0 Å². The Hall–Kier alpha value is -2.00. The van der Waals surface area contributed by atoms with Gasteiger partial charge in [-0.05, 0) is 38.1 Å². The van der Waals surface area contributed by atoms with Gasteiger partial charge in [-0.2, -0.15) is 15.0 Å². The number of hydrogen-bond donors (Lipinski definition) is 2. The number of anilines is 1. The van der Waals surface area contributed by atoms with Gasteiger partial charge in [0.2, 0.25) is 11.1 Å². The van der Waals surface area contributed by atoms with Gasteiger partial charge in [0.05, 0.1) is 6.10 Å². The summed E-state index contributed by atoms with van der Waals surface area (Å²) in [6, 6.07) is 0.206. The van der Waals surface area contributed by atoms with E-state index in [2.05, 4.69) is 30.3 Å². The SMILES string of the molecule is Cc1cnc(Sc2nc(NN)nc(OC(C)C)n2)nc1. The summed E-state index contributed by atoms with van der Waals surface area (Å²) >= 11 is 1.21. The molecule has 0 bridgehead atoms. The lowest BCUT2D eigenvalue weighted by Gasteiger charge is -2.09. The molecule has 9 heteroatoms. The predicted molar refractivity (Wildman–Crippen MR) is 74.3 cm³/mol. The number of rotatable bonds is 5. The Kier molecular flexibility index (Phi) is 4.64. The first-order valence-corrected chi connectivity index (χ1v) is 6.74. The molecule has 0 aromatic carbocycles. The van der Waals surface area contributed by atoms with Gasteiger partial charge in [-0.3, -0.25) is 5.43 Å². The van der Waals surface area contributed by atoms with Crippen LogP contribution in [-0.4, -0.2) is 31.0 Å². The minimum absolute atomic E-state index is 0.0449. The van der Waals surface area contributed by atoms with Crippen LogP contribution in [0.4, 0.5) is 5.95 Å². The molecule has 106 valence electrons. The van der Waals surface area contributed by atoms with Crippen molar-refractivity contribution >= 4 is 17.7 Å². The molecular formula is C11H15N7OS. The van der Waals surface area contributed by atoms with Crippen LogP contribution in [0.5, 0.6) is 6.01 Å². The van der Waals surface area contributed by atoms with Crippen LogP contribution in [0.25, 0.3) is 0 Å². The van der Waals surface area contributed by atoms with E-state index < -0.39 is 0 Å². The van der Waals surface area contributed by atoms with Gasteiger partial charge in [-0.25, -0.2) is 15.8 Å². The van der Waals surface area contributed by atoms with Crippen LogP contribution in [0.2, 0.25) is 0 Å². The van der Waals surface area contributed by atoms with Crippen molar-refractivity contribution in [1.82, 2.24) is 24.9 Å². The highest BCUT2D eigenvalue weighted by Gasteiger charge is 2.11. The molecule has 0 saturated carbocycles. The van der Waals surface area contributed by atoms with Crippen molar-refractivity contribution in [3.63, 3.8) is 0 Å². The molecule has 0 aliphatic carbocycles. The average Bonchev–Trinajstić information content (AvgIpc) is 2.40. The number of hydrogen-bond acceptors (Lipinski definition) is 9. The summed E-state index contributed by atoms with van der Waals surface area (Å²) in [7, 11) is 0. The lowest BCUT2D eigenvalue weighted by Crippen LogP contribution is -2.15. The smallest absolute Gasteiger partial charge is 0.322 e. The van der Waals surface area contributed by atoms with E-state index in [-0.39, 0.29) is 18.1 Å². The summed E-state index contributed by atoms with van der Waals surface area (Å²) in [5.74, 6) is 5.56. The highest BCUT2D eigenvalue weighted by molar-refractivity contribution is 7.99. The molecule has 0 aliphatic rings. The van der Waals surface area contributed by atoms with Crippen LogP contribution in [0.1, 0.15) is 19.4 Å². The lowest BCUT2D eigenvalue weighted by molar-refractivity contribution is 0.219. The minimum Gasteiger partial charge on any atom is -0.461 e. The van der Waals surface area contributed by atoms with E-state index in [1.165, 1.54) is 11.8 Å². The summed E-state index contributed by atoms with van der Waals surface area (Å²) in [4.78, 5) is 20.7. The summed E-state index contributed by atoms with van der Waals surface area (Å²) in [5, 5.41) is 0.952. The fourth-order valence-electron chi connectivity index (χ4n) is 1.23. The van der Waals surface area contributed by atoms with Crippen molar-refractivity contribution in [2.45, 2.75) is 37.2 Å². The van der Waals surface area contributed by atoms with E-state index in [4.69, 9.17) is 10.6 Å². The van der Waals surface area contributed by atoms with Crippen LogP contribution >= 0.6 is 11.8 Å². The Bertz CT molecular complexity index is 575. The zero-order valence-corrected chi connectivity index (χ0v) is 12.2. The molecule has 2 rings (SSSR count). The third-order valence-corrected chi connectivity index (χ3v) is 2.76. The second kappa shape index (κ2) is 6.44. The highest BCUT2D eigenvalue weighted by atomic mass is 32.2. The third-order valence-electron chi connectivity index (χ3n) is 2.00. The van der Waals surface area contributed by atoms with E-state index in [9.17, 15) is 0 Å². The molecule has 0 spiro atoms. The molecule has 2 aromatic heterocycles. The van der Waals surface area contributed by atoms with Crippen LogP contribution in [0, 0.1) is 6.92 Å². The fraction of sp³-hybridized carbons (Fsp3) is 0.364. The maximum Gasteiger partial charge on any atom is 0.322 e. The van der Waals surface area contributed by atoms with E-state index in [1.54, 1.807) is 12.4 Å². The highest BCUT2D eigenvalue weighted by Crippen LogP contribution is 2.23. The number of aryl methyl sites for hydroxylation is 1. The Morgan fingerprint density at radius 1 is 1.15 bits per heavy atom. The molecule has 0 saturated heterocycles. The van der Waals surface area contributed by atoms with Gasteiger partial charge in [0, 0.05) is 12.4 Å². The van der Waals surface area contributed by atoms with E-state index in [0.717, 1.165) is 5.56 Å². The molecule has 20 heavy (non-hydrogen) atoms. The molecular weight excluding hydrogens is 278 g/mol. The van der Waals surface area contributed by atoms with Gasteiger partial charge < -0.3 is 4.74 Å². The van der Waals surface area contributed by atoms with Crippen molar-refractivity contribution in [3.05, 3.63) is 18.0 Å². The largest absolute Gasteiger partial charge is 0.461 e. The maximum absolute atomic E-state index is 5.44. The molecule has 2 aromatic rings. The molecule has 2 heterocycles. The van der Waals surface area contributed by atoms with Gasteiger partial charge in [-0.15, -0.1) is 0 Å². The number of nitrogens with zero attached hydrogens (tertiary/aromatic N) is 5. The van der Waals surface area contributed by atoms with Gasteiger partial charge in [0.25, 0.3) is 0 Å². The predicted octanol–water partition coefficient (Wildman–Crippen LogP) is 1.19. The number of nitrogens with one attached hydrogen (secondary N) is 1. The van der Waals surface area contributed by atoms with E-state index >= 15 is 0 Å². The molecule has 0 atom stereocenters. The van der Waals surface area contributed by atoms with Crippen LogP contribution in [0.15, 0.2) is 22.7 Å². The summed E-state index contributed by atoms with van der Waals surface area (Å²) in [5.41, 5.74) is 3.36. The van der Waals surface area contributed by atoms with Gasteiger partial charge in [-0.1, -0.05) is 0 Å². The second-order valence-electron chi connectivity index (χ2n) is 4.18. The number of aromatic nitrogens is 5. The first-order chi connectivity index (χ1) is 9.56. The molecule has 0 aliphatic heterocycles. The second-order valence-corrected chi connectivity index (χ2v) is 5.11. The number of nitrogens with two attached hydrogens (primary N) is 1. The molecule has 0 unspecified atom stereocenters. The molecule has 3 N–H and O–H groups in total. The minimum atomic E-state index is -0.0449. The van der Waals surface area contributed by atoms with Crippen molar-refractivity contribution in [1.29, 1.82) is 0 Å². The molecule has 0 radical (unpaired) electrons. The number of ether oxygens (including phenoxy) is 1. The van der Waals surface area contributed by atoms with E-state index in [0.29, 0.717) is 10.3 Å². The summed E-state index contributed by atoms with van der Waals surface area (Å²) in [6.45, 7) is 5.69. The number of hydrazine groups is 1. The summed E-state index contributed by atoms with van der Waals surface area (Å²) < 4.78 is 5.44. The Morgan fingerprint density at radius 3 is 2.45 bits per heavy atom. The lowest BCUT2D eigenvalue weighted by atomic mass is 10.4. The quantitative estimate of drug-likeness (QED) is 0.477. The Morgan fingerprint density at radius 2 is 1.85 bits per heavy atom. The zero-order valence-electron chi connectivity index (χ0n) is 11.4. The topological polar surface area (TPSA) is 112 Å². The van der Waals surface area contributed by atoms with Crippen molar-refractivity contribution < 1.29 is 4.74 Å². The van der Waals surface area contributed by atoms with Gasteiger partial charge in [0.1, 0.15) is 0 Å².